The number of nitrogens with zero attached hydrogens (tertiary/aromatic N) is 1. The first-order chi connectivity index (χ1) is 7.85. The number of benzene rings is 1. The Hall–Kier alpha value is -1.53. The van der Waals surface area contributed by atoms with E-state index in [4.69, 9.17) is 10.00 Å². The number of nitriles is 1. The van der Waals surface area contributed by atoms with Crippen LogP contribution in [0.4, 0.5) is 0 Å². The van der Waals surface area contributed by atoms with Crippen molar-refractivity contribution < 1.29 is 4.74 Å². The summed E-state index contributed by atoms with van der Waals surface area (Å²) in [6, 6.07) is 8.42. The van der Waals surface area contributed by atoms with E-state index in [9.17, 15) is 0 Å². The fourth-order valence-electron chi connectivity index (χ4n) is 2.17. The average Bonchev–Trinajstić information content (AvgIpc) is 2.39. The molecule has 1 aromatic rings. The summed E-state index contributed by atoms with van der Waals surface area (Å²) in [5.41, 5.74) is 1.81. The normalized spacial score (nSPS) is 20.1. The molecule has 0 radical (unpaired) electrons. The minimum Gasteiger partial charge on any atom is -0.495 e. The Bertz CT molecular complexity index is 403. The SMILES string of the molecule is COc1ccc(C2CCCCN2)cc1C#N. The molecule has 1 N–H and O–H groups in total. The van der Waals surface area contributed by atoms with Gasteiger partial charge in [-0.05, 0) is 37.1 Å². The third-order valence-electron chi connectivity index (χ3n) is 3.06. The van der Waals surface area contributed by atoms with E-state index in [2.05, 4.69) is 11.4 Å². The number of hydrogen-bond acceptors (Lipinski definition) is 3. The monoisotopic (exact) mass is 216 g/mol. The second-order valence-corrected chi connectivity index (χ2v) is 4.07. The van der Waals surface area contributed by atoms with Crippen LogP contribution in [0.25, 0.3) is 0 Å². The van der Waals surface area contributed by atoms with Gasteiger partial charge in [-0.25, -0.2) is 0 Å². The molecular formula is C13H16N2O. The van der Waals surface area contributed by atoms with Crippen molar-refractivity contribution in [3.05, 3.63) is 29.3 Å². The summed E-state index contributed by atoms with van der Waals surface area (Å²) in [4.78, 5) is 0. The van der Waals surface area contributed by atoms with E-state index in [1.165, 1.54) is 18.4 Å². The third kappa shape index (κ3) is 2.17. The van der Waals surface area contributed by atoms with Crippen LogP contribution in [0, 0.1) is 11.3 Å². The molecular weight excluding hydrogens is 200 g/mol. The lowest BCUT2D eigenvalue weighted by Gasteiger charge is -2.24. The number of ether oxygens (including phenoxy) is 1. The minimum atomic E-state index is 0.395. The zero-order valence-electron chi connectivity index (χ0n) is 9.49. The lowest BCUT2D eigenvalue weighted by atomic mass is 9.96. The molecule has 1 aliphatic rings. The largest absolute Gasteiger partial charge is 0.495 e. The Kier molecular flexibility index (Phi) is 3.43. The van der Waals surface area contributed by atoms with Gasteiger partial charge in [-0.2, -0.15) is 5.26 Å². The summed E-state index contributed by atoms with van der Waals surface area (Å²) in [6.07, 6.45) is 3.65. The summed E-state index contributed by atoms with van der Waals surface area (Å²) in [5, 5.41) is 12.5. The second-order valence-electron chi connectivity index (χ2n) is 4.07. The highest BCUT2D eigenvalue weighted by Crippen LogP contribution is 2.27. The van der Waals surface area contributed by atoms with E-state index >= 15 is 0 Å². The Balaban J connectivity index is 2.25. The van der Waals surface area contributed by atoms with Gasteiger partial charge in [-0.15, -0.1) is 0 Å². The van der Waals surface area contributed by atoms with Crippen molar-refractivity contribution in [2.75, 3.05) is 13.7 Å². The van der Waals surface area contributed by atoms with Gasteiger partial charge < -0.3 is 10.1 Å². The standard InChI is InChI=1S/C13H16N2O/c1-16-13-6-5-10(8-11(13)9-14)12-4-2-3-7-15-12/h5-6,8,12,15H,2-4,7H2,1H3. The van der Waals surface area contributed by atoms with Crippen molar-refractivity contribution in [1.29, 1.82) is 5.26 Å². The van der Waals surface area contributed by atoms with Crippen LogP contribution in [0.5, 0.6) is 5.75 Å². The highest BCUT2D eigenvalue weighted by molar-refractivity contribution is 5.46. The van der Waals surface area contributed by atoms with Crippen molar-refractivity contribution in [3.8, 4) is 11.8 Å². The molecule has 3 nitrogen and oxygen atoms in total. The summed E-state index contributed by atoms with van der Waals surface area (Å²) in [6.45, 7) is 1.07. The Morgan fingerprint density at radius 3 is 2.94 bits per heavy atom. The fourth-order valence-corrected chi connectivity index (χ4v) is 2.17. The zero-order chi connectivity index (χ0) is 11.4. The van der Waals surface area contributed by atoms with E-state index in [0.717, 1.165) is 13.0 Å². The van der Waals surface area contributed by atoms with E-state index in [0.29, 0.717) is 17.4 Å². The van der Waals surface area contributed by atoms with Gasteiger partial charge in [-0.1, -0.05) is 12.5 Å². The molecule has 0 aromatic heterocycles. The van der Waals surface area contributed by atoms with Gasteiger partial charge in [0, 0.05) is 6.04 Å². The van der Waals surface area contributed by atoms with Crippen molar-refractivity contribution in [2.45, 2.75) is 25.3 Å². The molecule has 2 rings (SSSR count). The third-order valence-corrected chi connectivity index (χ3v) is 3.06. The molecule has 0 aliphatic carbocycles. The minimum absolute atomic E-state index is 0.395. The quantitative estimate of drug-likeness (QED) is 0.825. The molecule has 84 valence electrons. The summed E-state index contributed by atoms with van der Waals surface area (Å²) in [7, 11) is 1.59. The van der Waals surface area contributed by atoms with Gasteiger partial charge in [-0.3, -0.25) is 0 Å². The van der Waals surface area contributed by atoms with E-state index in [-0.39, 0.29) is 0 Å². The van der Waals surface area contributed by atoms with Crippen LogP contribution in [0.1, 0.15) is 36.4 Å². The second kappa shape index (κ2) is 5.00. The van der Waals surface area contributed by atoms with Crippen LogP contribution in [0.2, 0.25) is 0 Å². The van der Waals surface area contributed by atoms with Gasteiger partial charge in [0.1, 0.15) is 11.8 Å². The predicted molar refractivity (Wildman–Crippen MR) is 62.3 cm³/mol. The van der Waals surface area contributed by atoms with Crippen LogP contribution in [-0.4, -0.2) is 13.7 Å². The van der Waals surface area contributed by atoms with Gasteiger partial charge in [0.25, 0.3) is 0 Å². The predicted octanol–water partition coefficient (Wildman–Crippen LogP) is 2.38. The molecule has 1 aliphatic heterocycles. The van der Waals surface area contributed by atoms with Gasteiger partial charge in [0.15, 0.2) is 0 Å². The average molecular weight is 216 g/mol. The van der Waals surface area contributed by atoms with Crippen molar-refractivity contribution in [1.82, 2.24) is 5.32 Å². The van der Waals surface area contributed by atoms with Crippen LogP contribution in [-0.2, 0) is 0 Å². The summed E-state index contributed by atoms with van der Waals surface area (Å²) >= 11 is 0. The maximum absolute atomic E-state index is 9.02. The van der Waals surface area contributed by atoms with Gasteiger partial charge in [0.2, 0.25) is 0 Å². The molecule has 3 heteroatoms. The summed E-state index contributed by atoms with van der Waals surface area (Å²) in [5.74, 6) is 0.655. The topological polar surface area (TPSA) is 45.0 Å². The molecule has 1 heterocycles. The van der Waals surface area contributed by atoms with Crippen LogP contribution < -0.4 is 10.1 Å². The van der Waals surface area contributed by atoms with E-state index in [1.807, 2.05) is 18.2 Å². The molecule has 1 saturated heterocycles. The van der Waals surface area contributed by atoms with Crippen LogP contribution in [0.15, 0.2) is 18.2 Å². The maximum Gasteiger partial charge on any atom is 0.136 e. The molecule has 1 unspecified atom stereocenters. The number of methoxy groups -OCH3 is 1. The van der Waals surface area contributed by atoms with Crippen molar-refractivity contribution in [2.24, 2.45) is 0 Å². The van der Waals surface area contributed by atoms with Crippen LogP contribution >= 0.6 is 0 Å². The Morgan fingerprint density at radius 2 is 2.31 bits per heavy atom. The molecule has 16 heavy (non-hydrogen) atoms. The number of hydrogen-bond donors (Lipinski definition) is 1. The number of piperidine rings is 1. The van der Waals surface area contributed by atoms with E-state index < -0.39 is 0 Å². The highest BCUT2D eigenvalue weighted by Gasteiger charge is 2.15. The number of rotatable bonds is 2. The zero-order valence-corrected chi connectivity index (χ0v) is 9.49. The lowest BCUT2D eigenvalue weighted by Crippen LogP contribution is -2.26. The molecule has 0 spiro atoms. The lowest BCUT2D eigenvalue weighted by molar-refractivity contribution is 0.405. The molecule has 1 fully saturated rings. The maximum atomic E-state index is 9.02. The molecule has 1 atom stereocenters. The Morgan fingerprint density at radius 1 is 1.44 bits per heavy atom. The number of nitrogens with one attached hydrogen (secondary N) is 1. The smallest absolute Gasteiger partial charge is 0.136 e. The van der Waals surface area contributed by atoms with Crippen LogP contribution in [0.3, 0.4) is 0 Å². The molecule has 0 bridgehead atoms. The molecule has 0 amide bonds. The molecule has 0 saturated carbocycles. The first-order valence-electron chi connectivity index (χ1n) is 5.66. The Labute approximate surface area is 96.0 Å². The van der Waals surface area contributed by atoms with E-state index in [1.54, 1.807) is 7.11 Å². The highest BCUT2D eigenvalue weighted by atomic mass is 16.5. The van der Waals surface area contributed by atoms with Crippen molar-refractivity contribution >= 4 is 0 Å². The molecule has 1 aromatic carbocycles. The van der Waals surface area contributed by atoms with Gasteiger partial charge >= 0.3 is 0 Å². The summed E-state index contributed by atoms with van der Waals surface area (Å²) < 4.78 is 5.14. The fraction of sp³-hybridized carbons (Fsp3) is 0.462. The first-order valence-corrected chi connectivity index (χ1v) is 5.66. The van der Waals surface area contributed by atoms with Crippen molar-refractivity contribution in [3.63, 3.8) is 0 Å². The first kappa shape index (κ1) is 11.0. The van der Waals surface area contributed by atoms with Gasteiger partial charge in [0.05, 0.1) is 12.7 Å².